The molecule has 0 unspecified atom stereocenters. The minimum Gasteiger partial charge on any atom is -0.293 e. The maximum Gasteiger partial charge on any atom is 0.165 e. The lowest BCUT2D eigenvalue weighted by molar-refractivity contribution is 1.11. The summed E-state index contributed by atoms with van der Waals surface area (Å²) < 4.78 is 4.40. The van der Waals surface area contributed by atoms with Gasteiger partial charge in [0.2, 0.25) is 0 Å². The van der Waals surface area contributed by atoms with E-state index < -0.39 is 0 Å². The highest BCUT2D eigenvalue weighted by molar-refractivity contribution is 6.09. The second-order valence-electron chi connectivity index (χ2n) is 9.99. The van der Waals surface area contributed by atoms with Crippen LogP contribution in [0.15, 0.2) is 121 Å². The van der Waals surface area contributed by atoms with Crippen molar-refractivity contribution in [2.45, 2.75) is 0 Å². The third kappa shape index (κ3) is 2.93. The van der Waals surface area contributed by atoms with Gasteiger partial charge in [0.1, 0.15) is 11.0 Å². The predicted octanol–water partition coefficient (Wildman–Crippen LogP) is 7.77. The van der Waals surface area contributed by atoms with Crippen LogP contribution in [-0.2, 0) is 0 Å². The average Bonchev–Trinajstić information content (AvgIpc) is 3.51. The van der Waals surface area contributed by atoms with Gasteiger partial charge >= 0.3 is 0 Å². The Balaban J connectivity index is 1.29. The van der Waals surface area contributed by atoms with Gasteiger partial charge in [-0.25, -0.2) is 19.9 Å². The molecule has 0 atom stereocenters. The number of para-hydroxylation sites is 6. The van der Waals surface area contributed by atoms with Crippen LogP contribution in [0.3, 0.4) is 0 Å². The molecule has 4 heterocycles. The molecule has 5 aromatic carbocycles. The third-order valence-electron chi connectivity index (χ3n) is 7.69. The van der Waals surface area contributed by atoms with Crippen LogP contribution < -0.4 is 0 Å². The Hall–Kier alpha value is -5.62. The van der Waals surface area contributed by atoms with Crippen molar-refractivity contribution in [3.63, 3.8) is 0 Å². The summed E-state index contributed by atoms with van der Waals surface area (Å²) >= 11 is 0. The molecule has 4 aromatic heterocycles. The summed E-state index contributed by atoms with van der Waals surface area (Å²) in [5, 5.41) is 2.17. The Morgan fingerprint density at radius 1 is 0.350 bits per heavy atom. The Morgan fingerprint density at radius 2 is 0.700 bits per heavy atom. The average molecular weight is 513 g/mol. The molecule has 0 aliphatic heterocycles. The van der Waals surface area contributed by atoms with Crippen LogP contribution in [-0.4, -0.2) is 29.1 Å². The summed E-state index contributed by atoms with van der Waals surface area (Å²) in [5.74, 6) is 0. The molecule has 9 rings (SSSR count). The van der Waals surface area contributed by atoms with Crippen molar-refractivity contribution in [3.05, 3.63) is 121 Å². The zero-order valence-electron chi connectivity index (χ0n) is 21.2. The maximum absolute atomic E-state index is 5.05. The van der Waals surface area contributed by atoms with Gasteiger partial charge in [0.05, 0.1) is 33.1 Å². The largest absolute Gasteiger partial charge is 0.293 e. The van der Waals surface area contributed by atoms with Crippen molar-refractivity contribution in [2.75, 3.05) is 0 Å². The Bertz CT molecular complexity index is 2260. The summed E-state index contributed by atoms with van der Waals surface area (Å²) in [6.07, 6.45) is 0. The van der Waals surface area contributed by atoms with Gasteiger partial charge in [-0.05, 0) is 60.7 Å². The molecule has 186 valence electrons. The van der Waals surface area contributed by atoms with E-state index in [-0.39, 0.29) is 0 Å². The van der Waals surface area contributed by atoms with Crippen LogP contribution in [0.1, 0.15) is 0 Å². The Morgan fingerprint density at radius 3 is 1.12 bits per heavy atom. The lowest BCUT2D eigenvalue weighted by Gasteiger charge is -2.11. The van der Waals surface area contributed by atoms with Gasteiger partial charge < -0.3 is 0 Å². The maximum atomic E-state index is 5.05. The first-order valence-corrected chi connectivity index (χ1v) is 13.3. The molecule has 6 heteroatoms. The number of hydrogen-bond acceptors (Lipinski definition) is 4. The highest BCUT2D eigenvalue weighted by atomic mass is 15.1. The normalized spacial score (nSPS) is 12.0. The zero-order valence-corrected chi connectivity index (χ0v) is 21.2. The van der Waals surface area contributed by atoms with Crippen LogP contribution in [0.5, 0.6) is 0 Å². The van der Waals surface area contributed by atoms with Crippen LogP contribution in [0.2, 0.25) is 0 Å². The Kier molecular flexibility index (Phi) is 4.24. The second kappa shape index (κ2) is 7.94. The fourth-order valence-electron chi connectivity index (χ4n) is 5.89. The standard InChI is InChI=1S/C34H20N6/c1-7-15-29-23(9-1)31-33(37-27-13-5-3-11-25(27)35-31)39(29)21-17-19-22(20-18-21)40-30-16-8-2-10-24(30)32-34(40)38-28-14-6-4-12-26(28)36-32/h1-20H. The van der Waals surface area contributed by atoms with Gasteiger partial charge in [-0.2, -0.15) is 0 Å². The van der Waals surface area contributed by atoms with Gasteiger partial charge in [-0.15, -0.1) is 0 Å². The zero-order chi connectivity index (χ0) is 26.2. The van der Waals surface area contributed by atoms with Crippen molar-refractivity contribution < 1.29 is 0 Å². The number of hydrogen-bond donors (Lipinski definition) is 0. The van der Waals surface area contributed by atoms with Crippen molar-refractivity contribution in [1.82, 2.24) is 29.1 Å². The molecule has 0 fully saturated rings. The lowest BCUT2D eigenvalue weighted by atomic mass is 10.2. The second-order valence-corrected chi connectivity index (χ2v) is 9.99. The molecule has 0 N–H and O–H groups in total. The lowest BCUT2D eigenvalue weighted by Crippen LogP contribution is -1.99. The molecule has 40 heavy (non-hydrogen) atoms. The van der Waals surface area contributed by atoms with E-state index in [1.165, 1.54) is 0 Å². The van der Waals surface area contributed by atoms with E-state index in [9.17, 15) is 0 Å². The summed E-state index contributed by atoms with van der Waals surface area (Å²) in [6.45, 7) is 0. The molecule has 0 amide bonds. The van der Waals surface area contributed by atoms with Crippen molar-refractivity contribution >= 4 is 66.2 Å². The molecule has 0 aliphatic rings. The smallest absolute Gasteiger partial charge is 0.165 e. The van der Waals surface area contributed by atoms with E-state index in [4.69, 9.17) is 19.9 Å². The molecule has 9 aromatic rings. The van der Waals surface area contributed by atoms with E-state index in [1.54, 1.807) is 0 Å². The van der Waals surface area contributed by atoms with Crippen LogP contribution in [0.4, 0.5) is 0 Å². The summed E-state index contributed by atoms with van der Waals surface area (Å²) in [5.41, 5.74) is 11.3. The first-order chi connectivity index (χ1) is 19.8. The molecule has 0 bridgehead atoms. The van der Waals surface area contributed by atoms with Gasteiger partial charge in [-0.1, -0.05) is 60.7 Å². The van der Waals surface area contributed by atoms with Crippen molar-refractivity contribution in [1.29, 1.82) is 0 Å². The molecule has 6 nitrogen and oxygen atoms in total. The first-order valence-electron chi connectivity index (χ1n) is 13.3. The van der Waals surface area contributed by atoms with Gasteiger partial charge in [0, 0.05) is 22.1 Å². The van der Waals surface area contributed by atoms with Crippen LogP contribution >= 0.6 is 0 Å². The number of fused-ring (bicyclic) bond motifs is 8. The fourth-order valence-corrected chi connectivity index (χ4v) is 5.89. The number of aromatic nitrogens is 6. The van der Waals surface area contributed by atoms with Gasteiger partial charge in [0.25, 0.3) is 0 Å². The minimum atomic E-state index is 0.849. The van der Waals surface area contributed by atoms with Gasteiger partial charge in [-0.3, -0.25) is 9.13 Å². The first kappa shape index (κ1) is 21.3. The molecule has 0 aliphatic carbocycles. The molecule has 0 spiro atoms. The quantitative estimate of drug-likeness (QED) is 0.237. The highest BCUT2D eigenvalue weighted by Crippen LogP contribution is 2.34. The predicted molar refractivity (Wildman–Crippen MR) is 161 cm³/mol. The fraction of sp³-hybridized carbons (Fsp3) is 0. The van der Waals surface area contributed by atoms with E-state index in [0.717, 1.165) is 77.6 Å². The Labute approximate surface area is 227 Å². The van der Waals surface area contributed by atoms with E-state index in [1.807, 2.05) is 48.5 Å². The third-order valence-corrected chi connectivity index (χ3v) is 7.69. The van der Waals surface area contributed by atoms with E-state index in [2.05, 4.69) is 81.9 Å². The van der Waals surface area contributed by atoms with Crippen molar-refractivity contribution in [3.8, 4) is 11.4 Å². The SMILES string of the molecule is c1ccc2nc3c(nc2c1)c1ccccc1n3-c1ccc(-n2c3ccccc3c3nc4ccccc4nc32)cc1. The van der Waals surface area contributed by atoms with Crippen LogP contribution in [0.25, 0.3) is 77.6 Å². The molecular formula is C34H20N6. The van der Waals surface area contributed by atoms with Gasteiger partial charge in [0.15, 0.2) is 11.3 Å². The van der Waals surface area contributed by atoms with E-state index >= 15 is 0 Å². The topological polar surface area (TPSA) is 61.4 Å². The number of benzene rings is 5. The number of nitrogens with zero attached hydrogens (tertiary/aromatic N) is 6. The molecule has 0 saturated carbocycles. The summed E-state index contributed by atoms with van der Waals surface area (Å²) in [6, 6.07) is 41.4. The number of rotatable bonds is 2. The molecule has 0 radical (unpaired) electrons. The summed E-state index contributed by atoms with van der Waals surface area (Å²) in [7, 11) is 0. The van der Waals surface area contributed by atoms with Crippen molar-refractivity contribution in [2.24, 2.45) is 0 Å². The van der Waals surface area contributed by atoms with E-state index in [0.29, 0.717) is 0 Å². The monoisotopic (exact) mass is 512 g/mol. The summed E-state index contributed by atoms with van der Waals surface area (Å²) in [4.78, 5) is 20.1. The highest BCUT2D eigenvalue weighted by Gasteiger charge is 2.18. The minimum absolute atomic E-state index is 0.849. The molecule has 0 saturated heterocycles. The molecular weight excluding hydrogens is 492 g/mol. The van der Waals surface area contributed by atoms with Crippen LogP contribution in [0, 0.1) is 0 Å².